The van der Waals surface area contributed by atoms with Gasteiger partial charge < -0.3 is 4.74 Å². The number of nitrogens with two attached hydrogens (primary N) is 1. The highest BCUT2D eigenvalue weighted by Gasteiger charge is 2.08. The van der Waals surface area contributed by atoms with Gasteiger partial charge in [0.1, 0.15) is 5.75 Å². The molecule has 0 atom stereocenters. The second-order valence-corrected chi connectivity index (χ2v) is 8.33. The second-order valence-electron chi connectivity index (χ2n) is 3.97. The first kappa shape index (κ1) is 17.4. The maximum Gasteiger partial charge on any atom is 0.209 e. The fourth-order valence-corrected chi connectivity index (χ4v) is 4.52. The van der Waals surface area contributed by atoms with E-state index >= 15 is 0 Å². The van der Waals surface area contributed by atoms with Crippen molar-refractivity contribution in [3.05, 3.63) is 25.6 Å². The molecule has 2 N–H and O–H groups in total. The summed E-state index contributed by atoms with van der Waals surface area (Å²) in [4.78, 5) is 0. The van der Waals surface area contributed by atoms with Crippen molar-refractivity contribution >= 4 is 57.8 Å². The zero-order chi connectivity index (χ0) is 14.5. The zero-order valence-electron chi connectivity index (χ0n) is 10.0. The van der Waals surface area contributed by atoms with E-state index in [4.69, 9.17) is 9.88 Å². The number of hydrogen-bond acceptors (Lipinski definition) is 3. The van der Waals surface area contributed by atoms with Crippen LogP contribution in [0.1, 0.15) is 19.3 Å². The molecular weight excluding hydrogens is 466 g/mol. The molecule has 1 aromatic carbocycles. The summed E-state index contributed by atoms with van der Waals surface area (Å²) >= 11 is 10.2. The van der Waals surface area contributed by atoms with Crippen molar-refractivity contribution in [2.24, 2.45) is 5.14 Å². The van der Waals surface area contributed by atoms with Crippen molar-refractivity contribution in [1.29, 1.82) is 0 Å². The lowest BCUT2D eigenvalue weighted by Gasteiger charge is -2.10. The number of unbranched alkanes of at least 4 members (excludes halogenated alkanes) is 2. The molecule has 0 radical (unpaired) electrons. The molecule has 0 aromatic heterocycles. The van der Waals surface area contributed by atoms with Crippen LogP contribution in [0.15, 0.2) is 25.6 Å². The van der Waals surface area contributed by atoms with Crippen LogP contribution in [0.3, 0.4) is 0 Å². The van der Waals surface area contributed by atoms with Crippen LogP contribution in [0.4, 0.5) is 0 Å². The second kappa shape index (κ2) is 7.97. The molecule has 0 bridgehead atoms. The molecule has 0 aliphatic heterocycles. The van der Waals surface area contributed by atoms with Crippen LogP contribution in [0.5, 0.6) is 5.75 Å². The largest absolute Gasteiger partial charge is 0.491 e. The van der Waals surface area contributed by atoms with Crippen LogP contribution < -0.4 is 9.88 Å². The number of halogens is 3. The van der Waals surface area contributed by atoms with Gasteiger partial charge in [0.2, 0.25) is 10.0 Å². The van der Waals surface area contributed by atoms with Crippen LogP contribution in [0.2, 0.25) is 0 Å². The van der Waals surface area contributed by atoms with E-state index in [1.807, 2.05) is 12.1 Å². The number of hydrogen-bond donors (Lipinski definition) is 1. The first-order valence-corrected chi connectivity index (χ1v) is 9.67. The topological polar surface area (TPSA) is 69.4 Å². The lowest BCUT2D eigenvalue weighted by Crippen LogP contribution is -2.16. The molecule has 0 unspecified atom stereocenters. The van der Waals surface area contributed by atoms with E-state index in [-0.39, 0.29) is 5.75 Å². The molecule has 108 valence electrons. The molecule has 0 spiro atoms. The predicted molar refractivity (Wildman–Crippen MR) is 86.9 cm³/mol. The first-order chi connectivity index (χ1) is 8.79. The Labute approximate surface area is 138 Å². The summed E-state index contributed by atoms with van der Waals surface area (Å²) in [6.45, 7) is 0.531. The molecule has 0 heterocycles. The van der Waals surface area contributed by atoms with Crippen LogP contribution in [0.25, 0.3) is 0 Å². The summed E-state index contributed by atoms with van der Waals surface area (Å²) in [5.41, 5.74) is 0. The summed E-state index contributed by atoms with van der Waals surface area (Å²) in [6.07, 6.45) is 2.11. The highest BCUT2D eigenvalue weighted by molar-refractivity contribution is 9.11. The molecule has 0 saturated carbocycles. The van der Waals surface area contributed by atoms with Crippen LogP contribution in [0, 0.1) is 0 Å². The summed E-state index contributed by atoms with van der Waals surface area (Å²) in [6, 6.07) is 3.81. The molecule has 0 amide bonds. The third-order valence-corrected chi connectivity index (χ3v) is 4.78. The standard InChI is InChI=1S/C11H14Br3NO3S/c12-8-6-9(13)11(10(14)7-8)18-4-2-1-3-5-19(15,16)17/h6-7H,1-5H2,(H2,15,16,17). The fraction of sp³-hybridized carbons (Fsp3) is 0.455. The van der Waals surface area contributed by atoms with Gasteiger partial charge in [-0.25, -0.2) is 13.6 Å². The van der Waals surface area contributed by atoms with Gasteiger partial charge in [-0.1, -0.05) is 15.9 Å². The molecule has 0 aliphatic carbocycles. The Bertz CT molecular complexity index is 511. The number of sulfonamides is 1. The minimum absolute atomic E-state index is 0.0265. The maximum absolute atomic E-state index is 10.7. The van der Waals surface area contributed by atoms with Gasteiger partial charge in [-0.3, -0.25) is 0 Å². The summed E-state index contributed by atoms with van der Waals surface area (Å²) in [7, 11) is -3.34. The Hall–Kier alpha value is 0.370. The Morgan fingerprint density at radius 3 is 2.16 bits per heavy atom. The lowest BCUT2D eigenvalue weighted by molar-refractivity contribution is 0.302. The number of benzene rings is 1. The van der Waals surface area contributed by atoms with Gasteiger partial charge in [0.25, 0.3) is 0 Å². The molecule has 8 heteroatoms. The lowest BCUT2D eigenvalue weighted by atomic mass is 10.3. The van der Waals surface area contributed by atoms with Crippen LogP contribution in [-0.4, -0.2) is 20.8 Å². The van der Waals surface area contributed by atoms with E-state index in [1.165, 1.54) is 0 Å². The summed E-state index contributed by atoms with van der Waals surface area (Å²) in [5.74, 6) is 0.772. The van der Waals surface area contributed by atoms with Crippen LogP contribution >= 0.6 is 47.8 Å². The first-order valence-electron chi connectivity index (χ1n) is 5.57. The van der Waals surface area contributed by atoms with E-state index in [9.17, 15) is 8.42 Å². The van der Waals surface area contributed by atoms with Crippen molar-refractivity contribution in [2.75, 3.05) is 12.4 Å². The molecule has 0 fully saturated rings. The maximum atomic E-state index is 10.7. The molecule has 19 heavy (non-hydrogen) atoms. The molecule has 0 aliphatic rings. The average Bonchev–Trinajstić information content (AvgIpc) is 2.24. The van der Waals surface area contributed by atoms with Crippen molar-refractivity contribution < 1.29 is 13.2 Å². The number of rotatable bonds is 7. The molecular formula is C11H14Br3NO3S. The summed E-state index contributed by atoms with van der Waals surface area (Å²) < 4.78 is 29.8. The van der Waals surface area contributed by atoms with E-state index < -0.39 is 10.0 Å². The Morgan fingerprint density at radius 1 is 1.05 bits per heavy atom. The van der Waals surface area contributed by atoms with Gasteiger partial charge in [0.15, 0.2) is 0 Å². The number of primary sulfonamides is 1. The predicted octanol–water partition coefficient (Wildman–Crippen LogP) is 3.81. The third-order valence-electron chi connectivity index (χ3n) is 2.28. The Morgan fingerprint density at radius 2 is 1.63 bits per heavy atom. The van der Waals surface area contributed by atoms with Crippen molar-refractivity contribution in [3.63, 3.8) is 0 Å². The van der Waals surface area contributed by atoms with Gasteiger partial charge in [-0.15, -0.1) is 0 Å². The van der Waals surface area contributed by atoms with Crippen LogP contribution in [-0.2, 0) is 10.0 Å². The molecule has 0 saturated heterocycles. The van der Waals surface area contributed by atoms with E-state index in [0.29, 0.717) is 13.0 Å². The van der Waals surface area contributed by atoms with Gasteiger partial charge in [0, 0.05) is 4.47 Å². The number of ether oxygens (including phenoxy) is 1. The van der Waals surface area contributed by atoms with Crippen molar-refractivity contribution in [2.45, 2.75) is 19.3 Å². The third kappa shape index (κ3) is 7.08. The van der Waals surface area contributed by atoms with Gasteiger partial charge in [0.05, 0.1) is 21.3 Å². The van der Waals surface area contributed by atoms with Crippen molar-refractivity contribution in [1.82, 2.24) is 0 Å². The smallest absolute Gasteiger partial charge is 0.209 e. The van der Waals surface area contributed by atoms with E-state index in [0.717, 1.165) is 32.0 Å². The highest BCUT2D eigenvalue weighted by Crippen LogP contribution is 2.36. The molecule has 1 aromatic rings. The SMILES string of the molecule is NS(=O)(=O)CCCCCOc1c(Br)cc(Br)cc1Br. The van der Waals surface area contributed by atoms with E-state index in [2.05, 4.69) is 47.8 Å². The molecule has 4 nitrogen and oxygen atoms in total. The average molecular weight is 480 g/mol. The zero-order valence-corrected chi connectivity index (χ0v) is 15.6. The van der Waals surface area contributed by atoms with Crippen molar-refractivity contribution in [3.8, 4) is 5.75 Å². The normalized spacial score (nSPS) is 11.6. The minimum Gasteiger partial charge on any atom is -0.491 e. The van der Waals surface area contributed by atoms with Gasteiger partial charge in [-0.05, 0) is 63.3 Å². The Kier molecular flexibility index (Phi) is 7.31. The highest BCUT2D eigenvalue weighted by atomic mass is 79.9. The fourth-order valence-electron chi connectivity index (χ4n) is 1.42. The molecule has 1 rings (SSSR count). The Balaban J connectivity index is 2.34. The van der Waals surface area contributed by atoms with E-state index in [1.54, 1.807) is 0 Å². The quantitative estimate of drug-likeness (QED) is 0.604. The monoisotopic (exact) mass is 477 g/mol. The minimum atomic E-state index is -3.34. The van der Waals surface area contributed by atoms with Gasteiger partial charge >= 0.3 is 0 Å². The summed E-state index contributed by atoms with van der Waals surface area (Å²) in [5, 5.41) is 4.92. The van der Waals surface area contributed by atoms with Gasteiger partial charge in [-0.2, -0.15) is 0 Å².